The van der Waals surface area contributed by atoms with Gasteiger partial charge in [0, 0.05) is 17.8 Å². The van der Waals surface area contributed by atoms with Crippen LogP contribution >= 0.6 is 15.9 Å². The van der Waals surface area contributed by atoms with Gasteiger partial charge in [0.1, 0.15) is 17.5 Å². The molecule has 0 radical (unpaired) electrons. The summed E-state index contributed by atoms with van der Waals surface area (Å²) < 4.78 is 14.2. The molecule has 144 valence electrons. The molecule has 2 aromatic rings. The lowest BCUT2D eigenvalue weighted by Gasteiger charge is -2.30. The van der Waals surface area contributed by atoms with Crippen LogP contribution in [-0.4, -0.2) is 35.9 Å². The lowest BCUT2D eigenvalue weighted by atomic mass is 10.1. The van der Waals surface area contributed by atoms with Gasteiger partial charge < -0.3 is 5.32 Å². The highest BCUT2D eigenvalue weighted by molar-refractivity contribution is 9.10. The Hall–Kier alpha value is -2.19. The summed E-state index contributed by atoms with van der Waals surface area (Å²) in [5.74, 6) is -0.574. The van der Waals surface area contributed by atoms with Crippen molar-refractivity contribution in [3.05, 3.63) is 52.5 Å². The number of fused-ring (bicyclic) bond motifs is 1. The number of nitrogens with zero attached hydrogens (tertiary/aromatic N) is 2. The van der Waals surface area contributed by atoms with Gasteiger partial charge in [0.05, 0.1) is 22.6 Å². The predicted octanol–water partition coefficient (Wildman–Crippen LogP) is 3.80. The second kappa shape index (κ2) is 9.14. The Morgan fingerprint density at radius 2 is 1.89 bits per heavy atom. The van der Waals surface area contributed by atoms with Crippen molar-refractivity contribution in [1.82, 2.24) is 0 Å². The molecule has 0 aliphatic carbocycles. The molecule has 1 unspecified atom stereocenters. The summed E-state index contributed by atoms with van der Waals surface area (Å²) in [4.78, 5) is 26.6. The molecule has 8 heteroatoms. The smallest absolute Gasteiger partial charge is 0.260 e. The van der Waals surface area contributed by atoms with E-state index in [1.54, 1.807) is 49.7 Å². The monoisotopic (exact) mass is 451 g/mol. The van der Waals surface area contributed by atoms with Crippen molar-refractivity contribution in [3.63, 3.8) is 0 Å². The maximum absolute atomic E-state index is 13.1. The summed E-state index contributed by atoms with van der Waals surface area (Å²) in [5, 5.41) is 2.77. The molecule has 1 heterocycles. The van der Waals surface area contributed by atoms with Crippen LogP contribution in [0.3, 0.4) is 0 Å². The maximum atomic E-state index is 13.1. The fraction of sp³-hybridized carbons (Fsp3) is 0.263. The van der Waals surface area contributed by atoms with Gasteiger partial charge in [0.25, 0.3) is 5.91 Å². The van der Waals surface area contributed by atoms with Crippen LogP contribution in [0.4, 0.5) is 17.1 Å². The molecule has 1 aliphatic heterocycles. The zero-order valence-electron chi connectivity index (χ0n) is 15.7. The lowest BCUT2D eigenvalue weighted by molar-refractivity contribution is -0.115. The van der Waals surface area contributed by atoms with E-state index >= 15 is 0 Å². The Morgan fingerprint density at radius 3 is 2.56 bits per heavy atom. The molecule has 2 amide bonds. The van der Waals surface area contributed by atoms with Gasteiger partial charge in [-0.2, -0.15) is 0 Å². The van der Waals surface area contributed by atoms with Crippen molar-refractivity contribution in [2.75, 3.05) is 34.4 Å². The van der Waals surface area contributed by atoms with Crippen LogP contribution in [0.25, 0.3) is 0 Å². The van der Waals surface area contributed by atoms with Crippen LogP contribution in [0.1, 0.15) is 24.2 Å². The first-order valence-corrected chi connectivity index (χ1v) is 10.8. The number of anilines is 3. The Kier molecular flexibility index (Phi) is 7.15. The second-order valence-corrected chi connectivity index (χ2v) is 7.85. The first-order valence-electron chi connectivity index (χ1n) is 8.46. The van der Waals surface area contributed by atoms with Crippen LogP contribution in [0.2, 0.25) is 0 Å². The van der Waals surface area contributed by atoms with Crippen molar-refractivity contribution < 1.29 is 13.8 Å². The van der Waals surface area contributed by atoms with Crippen molar-refractivity contribution in [2.45, 2.75) is 13.8 Å². The minimum absolute atomic E-state index is 0.0687. The number of carbonyl (C=O) groups is 2. The second-order valence-electron chi connectivity index (χ2n) is 5.54. The average molecular weight is 452 g/mol. The van der Waals surface area contributed by atoms with Crippen LogP contribution in [-0.2, 0) is 15.8 Å². The fourth-order valence-electron chi connectivity index (χ4n) is 2.66. The van der Waals surface area contributed by atoms with E-state index in [0.717, 1.165) is 4.47 Å². The van der Waals surface area contributed by atoms with E-state index in [9.17, 15) is 13.8 Å². The van der Waals surface area contributed by atoms with Gasteiger partial charge in [0.2, 0.25) is 5.91 Å². The molecule has 2 aromatic carbocycles. The zero-order chi connectivity index (χ0) is 20.1. The van der Waals surface area contributed by atoms with Crippen molar-refractivity contribution in [2.24, 2.45) is 0 Å². The van der Waals surface area contributed by atoms with Gasteiger partial charge in [-0.25, -0.2) is 4.21 Å². The summed E-state index contributed by atoms with van der Waals surface area (Å²) in [6.07, 6.45) is 1.54. The Bertz CT molecular complexity index is 888. The van der Waals surface area contributed by atoms with E-state index in [0.29, 0.717) is 22.6 Å². The van der Waals surface area contributed by atoms with Crippen LogP contribution < -0.4 is 14.5 Å². The molecule has 0 aromatic heterocycles. The fourth-order valence-corrected chi connectivity index (χ4v) is 3.45. The molecule has 27 heavy (non-hydrogen) atoms. The van der Waals surface area contributed by atoms with Gasteiger partial charge in [0.15, 0.2) is 0 Å². The van der Waals surface area contributed by atoms with Crippen LogP contribution in [0, 0.1) is 0 Å². The SMILES string of the molecule is CC.CN(c1ccccc1C(=O)N1CC(=O)Nc2cc(Br)ccc21)S(C)=O. The van der Waals surface area contributed by atoms with Gasteiger partial charge in [-0.1, -0.05) is 41.9 Å². The van der Waals surface area contributed by atoms with Crippen molar-refractivity contribution in [3.8, 4) is 0 Å². The number of amides is 2. The predicted molar refractivity (Wildman–Crippen MR) is 115 cm³/mol. The molecule has 0 bridgehead atoms. The Labute approximate surface area is 170 Å². The normalized spacial score (nSPS) is 13.7. The number of hydrogen-bond acceptors (Lipinski definition) is 3. The molecule has 1 atom stereocenters. The summed E-state index contributed by atoms with van der Waals surface area (Å²) in [6, 6.07) is 12.3. The summed E-state index contributed by atoms with van der Waals surface area (Å²) in [6.45, 7) is 3.93. The van der Waals surface area contributed by atoms with Gasteiger partial charge in [-0.15, -0.1) is 0 Å². The minimum atomic E-state index is -1.27. The number of para-hydroxylation sites is 1. The van der Waals surface area contributed by atoms with Crippen LogP contribution in [0.15, 0.2) is 46.9 Å². The Balaban J connectivity index is 0.00000126. The largest absolute Gasteiger partial charge is 0.323 e. The lowest BCUT2D eigenvalue weighted by Crippen LogP contribution is -2.42. The number of benzene rings is 2. The highest BCUT2D eigenvalue weighted by Gasteiger charge is 2.29. The van der Waals surface area contributed by atoms with Gasteiger partial charge in [-0.05, 0) is 30.3 Å². The highest BCUT2D eigenvalue weighted by atomic mass is 79.9. The Morgan fingerprint density at radius 1 is 1.22 bits per heavy atom. The molecule has 1 N–H and O–H groups in total. The first-order chi connectivity index (χ1) is 12.9. The third kappa shape index (κ3) is 4.56. The zero-order valence-corrected chi connectivity index (χ0v) is 18.1. The summed E-state index contributed by atoms with van der Waals surface area (Å²) >= 11 is 3.36. The maximum Gasteiger partial charge on any atom is 0.260 e. The quantitative estimate of drug-likeness (QED) is 0.770. The molecule has 0 spiro atoms. The minimum Gasteiger partial charge on any atom is -0.323 e. The van der Waals surface area contributed by atoms with Crippen molar-refractivity contribution in [1.29, 1.82) is 0 Å². The number of carbonyl (C=O) groups excluding carboxylic acids is 2. The van der Waals surface area contributed by atoms with Crippen LogP contribution in [0.5, 0.6) is 0 Å². The summed E-state index contributed by atoms with van der Waals surface area (Å²) in [5.41, 5.74) is 2.15. The molecular weight excluding hydrogens is 430 g/mol. The van der Waals surface area contributed by atoms with Crippen molar-refractivity contribution >= 4 is 55.8 Å². The van der Waals surface area contributed by atoms with E-state index in [4.69, 9.17) is 0 Å². The topological polar surface area (TPSA) is 69.7 Å². The van der Waals surface area contributed by atoms with E-state index in [2.05, 4.69) is 21.2 Å². The number of hydrogen-bond donors (Lipinski definition) is 1. The number of nitrogens with one attached hydrogen (secondary N) is 1. The van der Waals surface area contributed by atoms with E-state index in [1.165, 1.54) is 9.21 Å². The first kappa shape index (κ1) is 21.1. The third-order valence-electron chi connectivity index (χ3n) is 3.93. The number of halogens is 1. The van der Waals surface area contributed by atoms with E-state index in [-0.39, 0.29) is 18.4 Å². The molecule has 3 rings (SSSR count). The summed E-state index contributed by atoms with van der Waals surface area (Å²) in [7, 11) is 0.392. The molecule has 0 fully saturated rings. The number of rotatable bonds is 3. The molecular formula is C19H22BrN3O3S. The molecule has 0 saturated heterocycles. The molecule has 1 aliphatic rings. The van der Waals surface area contributed by atoms with Gasteiger partial charge in [-0.3, -0.25) is 18.8 Å². The molecule has 6 nitrogen and oxygen atoms in total. The standard InChI is InChI=1S/C17H16BrN3O3S.C2H6/c1-20(25(2)24)14-6-4-3-5-12(14)17(23)21-10-16(22)19-13-9-11(18)7-8-15(13)21;1-2/h3-9H,10H2,1-2H3,(H,19,22);1-2H3. The van der Waals surface area contributed by atoms with E-state index in [1.807, 2.05) is 19.9 Å². The molecule has 0 saturated carbocycles. The third-order valence-corrected chi connectivity index (χ3v) is 5.39. The highest BCUT2D eigenvalue weighted by Crippen LogP contribution is 2.34. The average Bonchev–Trinajstić information content (AvgIpc) is 2.67. The van der Waals surface area contributed by atoms with Gasteiger partial charge >= 0.3 is 0 Å². The van der Waals surface area contributed by atoms with E-state index < -0.39 is 11.0 Å².